The van der Waals surface area contributed by atoms with Crippen molar-refractivity contribution in [2.75, 3.05) is 6.54 Å². The molecule has 0 aliphatic heterocycles. The van der Waals surface area contributed by atoms with Gasteiger partial charge in [0.1, 0.15) is 5.82 Å². The summed E-state index contributed by atoms with van der Waals surface area (Å²) in [6, 6.07) is 27.0. The van der Waals surface area contributed by atoms with Crippen LogP contribution in [0.1, 0.15) is 43.3 Å². The third-order valence-electron chi connectivity index (χ3n) is 6.18. The van der Waals surface area contributed by atoms with Crippen molar-refractivity contribution in [3.63, 3.8) is 0 Å². The Hall–Kier alpha value is -3.73. The van der Waals surface area contributed by atoms with Crippen LogP contribution in [0.5, 0.6) is 0 Å². The molecule has 0 N–H and O–H groups in total. The topological polar surface area (TPSA) is 55.2 Å². The van der Waals surface area contributed by atoms with E-state index in [0.29, 0.717) is 36.2 Å². The molecule has 1 atom stereocenters. The smallest absolute Gasteiger partial charge is 0.261 e. The fraction of sp³-hybridized carbons (Fsp3) is 0.276. The highest BCUT2D eigenvalue weighted by Gasteiger charge is 2.26. The molecule has 3 aromatic carbocycles. The normalized spacial score (nSPS) is 11.9. The van der Waals surface area contributed by atoms with Crippen molar-refractivity contribution in [3.8, 4) is 0 Å². The minimum absolute atomic E-state index is 0.0279. The van der Waals surface area contributed by atoms with Gasteiger partial charge in [-0.3, -0.25) is 14.2 Å². The number of benzene rings is 3. The van der Waals surface area contributed by atoms with Crippen LogP contribution in [-0.4, -0.2) is 26.9 Å². The molecule has 0 spiro atoms. The van der Waals surface area contributed by atoms with Gasteiger partial charge < -0.3 is 4.90 Å². The lowest BCUT2D eigenvalue weighted by Gasteiger charge is -2.31. The Morgan fingerprint density at radius 2 is 1.53 bits per heavy atom. The maximum absolute atomic E-state index is 13.6. The lowest BCUT2D eigenvalue weighted by molar-refractivity contribution is -0.132. The largest absolute Gasteiger partial charge is 0.332 e. The SMILES string of the molecule is CCCn1c(C(C)N(CCc2ccccc2)C(=O)Cc2ccccc2)nc2ccccc2c1=O. The van der Waals surface area contributed by atoms with Crippen LogP contribution in [0.3, 0.4) is 0 Å². The zero-order chi connectivity index (χ0) is 23.9. The van der Waals surface area contributed by atoms with Gasteiger partial charge >= 0.3 is 0 Å². The van der Waals surface area contributed by atoms with Crippen LogP contribution in [0.25, 0.3) is 10.9 Å². The predicted molar refractivity (Wildman–Crippen MR) is 137 cm³/mol. The lowest BCUT2D eigenvalue weighted by Crippen LogP contribution is -2.39. The fourth-order valence-corrected chi connectivity index (χ4v) is 4.38. The number of carbonyl (C=O) groups excluding carboxylic acids is 1. The number of hydrogen-bond donors (Lipinski definition) is 0. The van der Waals surface area contributed by atoms with E-state index in [2.05, 4.69) is 12.1 Å². The Bertz CT molecular complexity index is 1300. The number of aromatic nitrogens is 2. The zero-order valence-corrected chi connectivity index (χ0v) is 19.9. The summed E-state index contributed by atoms with van der Waals surface area (Å²) in [5.41, 5.74) is 2.76. The molecule has 5 heteroatoms. The molecular formula is C29H31N3O2. The molecule has 1 unspecified atom stereocenters. The number of amides is 1. The number of nitrogens with zero attached hydrogens (tertiary/aromatic N) is 3. The average Bonchev–Trinajstić information content (AvgIpc) is 2.87. The zero-order valence-electron chi connectivity index (χ0n) is 19.9. The quantitative estimate of drug-likeness (QED) is 0.351. The molecule has 5 nitrogen and oxygen atoms in total. The van der Waals surface area contributed by atoms with Crippen molar-refractivity contribution in [2.45, 2.75) is 45.7 Å². The van der Waals surface area contributed by atoms with Gasteiger partial charge in [0, 0.05) is 13.1 Å². The second-order valence-corrected chi connectivity index (χ2v) is 8.61. The molecule has 0 aliphatic carbocycles. The number of rotatable bonds is 9. The molecule has 1 heterocycles. The first-order chi connectivity index (χ1) is 16.6. The van der Waals surface area contributed by atoms with E-state index in [0.717, 1.165) is 18.4 Å². The standard InChI is InChI=1S/C29H31N3O2/c1-3-19-32-28(30-26-17-11-10-16-25(26)29(32)34)22(2)31(20-18-23-12-6-4-7-13-23)27(33)21-24-14-8-5-9-15-24/h4-17,22H,3,18-21H2,1-2H3. The fourth-order valence-electron chi connectivity index (χ4n) is 4.38. The lowest BCUT2D eigenvalue weighted by atomic mass is 10.1. The van der Waals surface area contributed by atoms with Crippen molar-refractivity contribution in [2.24, 2.45) is 0 Å². The minimum Gasteiger partial charge on any atom is -0.332 e. The summed E-state index contributed by atoms with van der Waals surface area (Å²) in [7, 11) is 0. The summed E-state index contributed by atoms with van der Waals surface area (Å²) >= 11 is 0. The predicted octanol–water partition coefficient (Wildman–Crippen LogP) is 5.18. The third kappa shape index (κ3) is 5.25. The van der Waals surface area contributed by atoms with E-state index in [4.69, 9.17) is 4.98 Å². The Morgan fingerprint density at radius 3 is 2.21 bits per heavy atom. The number of para-hydroxylation sites is 1. The van der Waals surface area contributed by atoms with Gasteiger partial charge in [-0.25, -0.2) is 4.98 Å². The van der Waals surface area contributed by atoms with Crippen molar-refractivity contribution < 1.29 is 4.79 Å². The highest BCUT2D eigenvalue weighted by molar-refractivity contribution is 5.80. The van der Waals surface area contributed by atoms with Gasteiger partial charge in [-0.15, -0.1) is 0 Å². The van der Waals surface area contributed by atoms with Crippen LogP contribution in [-0.2, 0) is 24.2 Å². The number of carbonyl (C=O) groups is 1. The van der Waals surface area contributed by atoms with Crippen molar-refractivity contribution in [3.05, 3.63) is 112 Å². The van der Waals surface area contributed by atoms with Gasteiger partial charge in [0.25, 0.3) is 5.56 Å². The van der Waals surface area contributed by atoms with Crippen molar-refractivity contribution in [1.29, 1.82) is 0 Å². The van der Waals surface area contributed by atoms with E-state index < -0.39 is 0 Å². The Morgan fingerprint density at radius 1 is 0.912 bits per heavy atom. The Balaban J connectivity index is 1.72. The van der Waals surface area contributed by atoms with Gasteiger partial charge in [0.2, 0.25) is 5.91 Å². The number of hydrogen-bond acceptors (Lipinski definition) is 3. The maximum atomic E-state index is 13.6. The molecule has 0 fully saturated rings. The van der Waals surface area contributed by atoms with Crippen molar-refractivity contribution in [1.82, 2.24) is 14.5 Å². The molecular weight excluding hydrogens is 422 g/mol. The van der Waals surface area contributed by atoms with Crippen LogP contribution in [0, 0.1) is 0 Å². The summed E-state index contributed by atoms with van der Waals surface area (Å²) in [4.78, 5) is 33.7. The van der Waals surface area contributed by atoms with E-state index in [1.54, 1.807) is 4.57 Å². The van der Waals surface area contributed by atoms with E-state index in [9.17, 15) is 9.59 Å². The first-order valence-electron chi connectivity index (χ1n) is 11.9. The van der Waals surface area contributed by atoms with E-state index >= 15 is 0 Å². The van der Waals surface area contributed by atoms with Crippen LogP contribution in [0.2, 0.25) is 0 Å². The molecule has 1 amide bonds. The monoisotopic (exact) mass is 453 g/mol. The molecule has 34 heavy (non-hydrogen) atoms. The van der Waals surface area contributed by atoms with Gasteiger partial charge in [0.15, 0.2) is 0 Å². The summed E-state index contributed by atoms with van der Waals surface area (Å²) in [5.74, 6) is 0.667. The van der Waals surface area contributed by atoms with Gasteiger partial charge in [0.05, 0.1) is 23.4 Å². The molecule has 4 aromatic rings. The highest BCUT2D eigenvalue weighted by atomic mass is 16.2. The van der Waals surface area contributed by atoms with E-state index in [-0.39, 0.29) is 17.5 Å². The van der Waals surface area contributed by atoms with Crippen LogP contribution < -0.4 is 5.56 Å². The first-order valence-corrected chi connectivity index (χ1v) is 11.9. The van der Waals surface area contributed by atoms with Gasteiger partial charge in [-0.1, -0.05) is 79.7 Å². The summed E-state index contributed by atoms with van der Waals surface area (Å²) < 4.78 is 1.75. The second kappa shape index (κ2) is 10.9. The number of fused-ring (bicyclic) bond motifs is 1. The average molecular weight is 454 g/mol. The Labute approximate surface area is 200 Å². The summed E-state index contributed by atoms with van der Waals surface area (Å²) in [5, 5.41) is 0.610. The molecule has 0 saturated carbocycles. The minimum atomic E-state index is -0.344. The third-order valence-corrected chi connectivity index (χ3v) is 6.18. The molecule has 1 aromatic heterocycles. The second-order valence-electron chi connectivity index (χ2n) is 8.61. The van der Waals surface area contributed by atoms with Crippen molar-refractivity contribution >= 4 is 16.8 Å². The van der Waals surface area contributed by atoms with E-state index in [1.807, 2.05) is 91.5 Å². The molecule has 4 rings (SSSR count). The molecule has 0 saturated heterocycles. The van der Waals surface area contributed by atoms with Crippen LogP contribution >= 0.6 is 0 Å². The van der Waals surface area contributed by atoms with E-state index in [1.165, 1.54) is 5.56 Å². The summed E-state index contributed by atoms with van der Waals surface area (Å²) in [6.07, 6.45) is 1.85. The summed E-state index contributed by atoms with van der Waals surface area (Å²) in [6.45, 7) is 5.14. The maximum Gasteiger partial charge on any atom is 0.261 e. The highest BCUT2D eigenvalue weighted by Crippen LogP contribution is 2.22. The van der Waals surface area contributed by atoms with Gasteiger partial charge in [-0.05, 0) is 43.0 Å². The molecule has 174 valence electrons. The van der Waals surface area contributed by atoms with Gasteiger partial charge in [-0.2, -0.15) is 0 Å². The molecule has 0 bridgehead atoms. The van der Waals surface area contributed by atoms with Crippen LogP contribution in [0.4, 0.5) is 0 Å². The Kier molecular flexibility index (Phi) is 7.53. The molecule has 0 radical (unpaired) electrons. The molecule has 0 aliphatic rings. The first kappa shape index (κ1) is 23.4. The van der Waals surface area contributed by atoms with Crippen LogP contribution in [0.15, 0.2) is 89.7 Å².